The first-order chi connectivity index (χ1) is 14.2. The Labute approximate surface area is 176 Å². The van der Waals surface area contributed by atoms with Crippen molar-refractivity contribution in [2.45, 2.75) is 26.2 Å². The van der Waals surface area contributed by atoms with Crippen molar-refractivity contribution in [3.05, 3.63) is 41.2 Å². The Kier molecular flexibility index (Phi) is 8.10. The van der Waals surface area contributed by atoms with E-state index in [9.17, 15) is 4.39 Å². The Bertz CT molecular complexity index is 774. The summed E-state index contributed by atoms with van der Waals surface area (Å²) in [6.07, 6.45) is 3.37. The molecule has 0 amide bonds. The van der Waals surface area contributed by atoms with E-state index in [2.05, 4.69) is 22.5 Å². The van der Waals surface area contributed by atoms with Gasteiger partial charge in [0.15, 0.2) is 11.1 Å². The van der Waals surface area contributed by atoms with Gasteiger partial charge in [-0.1, -0.05) is 0 Å². The van der Waals surface area contributed by atoms with E-state index in [4.69, 9.17) is 14.7 Å². The van der Waals surface area contributed by atoms with Crippen molar-refractivity contribution in [2.75, 3.05) is 51.3 Å². The fourth-order valence-electron chi connectivity index (χ4n) is 3.15. The number of benzene rings is 1. The number of rotatable bonds is 9. The van der Waals surface area contributed by atoms with E-state index in [0.29, 0.717) is 25.4 Å². The Morgan fingerprint density at radius 1 is 1.31 bits per heavy atom. The first kappa shape index (κ1) is 21.4. The Hall–Kier alpha value is -2.35. The topological polar surface area (TPSA) is 53.0 Å². The minimum atomic E-state index is -0.260. The Morgan fingerprint density at radius 3 is 2.79 bits per heavy atom. The summed E-state index contributed by atoms with van der Waals surface area (Å²) in [5, 5.41) is 6.61. The molecule has 0 spiro atoms. The lowest BCUT2D eigenvalue weighted by Crippen LogP contribution is -2.41. The van der Waals surface area contributed by atoms with Crippen LogP contribution < -0.4 is 15.0 Å². The molecule has 2 heterocycles. The lowest BCUT2D eigenvalue weighted by atomic mass is 10.3. The van der Waals surface area contributed by atoms with Crippen molar-refractivity contribution in [1.29, 1.82) is 0 Å². The normalized spacial score (nSPS) is 14.3. The fraction of sp³-hybridized carbons (Fsp3) is 0.524. The van der Waals surface area contributed by atoms with Gasteiger partial charge in [-0.05, 0) is 44.0 Å². The van der Waals surface area contributed by atoms with Gasteiger partial charge in [-0.15, -0.1) is 11.3 Å². The van der Waals surface area contributed by atoms with Crippen molar-refractivity contribution in [3.63, 3.8) is 0 Å². The molecule has 1 aromatic carbocycles. The van der Waals surface area contributed by atoms with Gasteiger partial charge in [0.1, 0.15) is 18.2 Å². The number of likely N-dealkylation sites (N-methyl/N-ethyl adjacent to an activating group) is 1. The minimum absolute atomic E-state index is 0.260. The molecule has 0 aliphatic carbocycles. The van der Waals surface area contributed by atoms with E-state index in [1.165, 1.54) is 25.0 Å². The molecule has 158 valence electrons. The van der Waals surface area contributed by atoms with Crippen LogP contribution in [0, 0.1) is 5.82 Å². The molecule has 0 saturated carbocycles. The van der Waals surface area contributed by atoms with Crippen LogP contribution in [-0.2, 0) is 6.42 Å². The maximum Gasteiger partial charge on any atom is 0.193 e. The van der Waals surface area contributed by atoms with E-state index < -0.39 is 0 Å². The van der Waals surface area contributed by atoms with Crippen molar-refractivity contribution < 1.29 is 9.13 Å². The molecule has 3 rings (SSSR count). The molecule has 2 aromatic rings. The van der Waals surface area contributed by atoms with Crippen LogP contribution in [0.3, 0.4) is 0 Å². The Morgan fingerprint density at radius 2 is 2.07 bits per heavy atom. The maximum atomic E-state index is 13.0. The standard InChI is InChI=1S/C21H30FN5OS/c1-3-23-20(26(2)14-15-28-19-8-6-17(22)7-9-19)24-11-10-18-16-29-21(25-18)27-12-4-5-13-27/h6-9,16H,3-5,10-15H2,1-2H3,(H,23,24). The average molecular weight is 420 g/mol. The van der Waals surface area contributed by atoms with Gasteiger partial charge in [0.25, 0.3) is 0 Å². The second-order valence-electron chi connectivity index (χ2n) is 7.03. The molecular formula is C21H30FN5OS. The summed E-state index contributed by atoms with van der Waals surface area (Å²) in [4.78, 5) is 13.9. The number of aliphatic imine (C=N–C) groups is 1. The predicted molar refractivity (Wildman–Crippen MR) is 118 cm³/mol. The van der Waals surface area contributed by atoms with Gasteiger partial charge in [0, 0.05) is 45.0 Å². The van der Waals surface area contributed by atoms with Gasteiger partial charge in [0.05, 0.1) is 12.2 Å². The summed E-state index contributed by atoms with van der Waals surface area (Å²) in [5.74, 6) is 1.26. The van der Waals surface area contributed by atoms with E-state index in [1.807, 2.05) is 11.9 Å². The molecule has 1 aliphatic rings. The number of halogens is 1. The average Bonchev–Trinajstić information content (AvgIpc) is 3.40. The highest BCUT2D eigenvalue weighted by Gasteiger charge is 2.15. The van der Waals surface area contributed by atoms with Crippen LogP contribution >= 0.6 is 11.3 Å². The number of guanidine groups is 1. The van der Waals surface area contributed by atoms with Gasteiger partial charge in [-0.3, -0.25) is 4.99 Å². The third kappa shape index (κ3) is 6.59. The first-order valence-corrected chi connectivity index (χ1v) is 11.1. The number of hydrogen-bond donors (Lipinski definition) is 1. The summed E-state index contributed by atoms with van der Waals surface area (Å²) in [6.45, 7) is 6.98. The summed E-state index contributed by atoms with van der Waals surface area (Å²) in [5.41, 5.74) is 1.11. The molecule has 0 unspecified atom stereocenters. The quantitative estimate of drug-likeness (QED) is 0.499. The van der Waals surface area contributed by atoms with Crippen LogP contribution in [0.5, 0.6) is 5.75 Å². The summed E-state index contributed by atoms with van der Waals surface area (Å²) in [7, 11) is 1.99. The van der Waals surface area contributed by atoms with Crippen LogP contribution in [0.4, 0.5) is 9.52 Å². The first-order valence-electron chi connectivity index (χ1n) is 10.2. The van der Waals surface area contributed by atoms with Crippen molar-refractivity contribution in [3.8, 4) is 5.75 Å². The highest BCUT2D eigenvalue weighted by atomic mass is 32.1. The second-order valence-corrected chi connectivity index (χ2v) is 7.86. The number of hydrogen-bond acceptors (Lipinski definition) is 5. The number of thiazole rings is 1. The SMILES string of the molecule is CCNC(=NCCc1csc(N2CCCC2)n1)N(C)CCOc1ccc(F)cc1. The third-order valence-corrected chi connectivity index (χ3v) is 5.70. The molecule has 0 radical (unpaired) electrons. The van der Waals surface area contributed by atoms with Crippen molar-refractivity contribution >= 4 is 22.4 Å². The highest BCUT2D eigenvalue weighted by molar-refractivity contribution is 7.13. The van der Waals surface area contributed by atoms with Crippen LogP contribution in [-0.4, -0.2) is 62.2 Å². The molecule has 1 saturated heterocycles. The zero-order chi connectivity index (χ0) is 20.5. The number of aromatic nitrogens is 1. The monoisotopic (exact) mass is 419 g/mol. The summed E-state index contributed by atoms with van der Waals surface area (Å²) in [6, 6.07) is 6.08. The molecule has 1 aliphatic heterocycles. The minimum Gasteiger partial charge on any atom is -0.492 e. The number of nitrogens with zero attached hydrogens (tertiary/aromatic N) is 4. The van der Waals surface area contributed by atoms with Gasteiger partial charge >= 0.3 is 0 Å². The molecule has 1 fully saturated rings. The lowest BCUT2D eigenvalue weighted by molar-refractivity contribution is 0.281. The van der Waals surface area contributed by atoms with Crippen LogP contribution in [0.2, 0.25) is 0 Å². The summed E-state index contributed by atoms with van der Waals surface area (Å²) >= 11 is 1.73. The number of ether oxygens (including phenoxy) is 1. The number of nitrogens with one attached hydrogen (secondary N) is 1. The molecule has 1 aromatic heterocycles. The molecule has 8 heteroatoms. The van der Waals surface area contributed by atoms with Gasteiger partial charge in [0.2, 0.25) is 0 Å². The van der Waals surface area contributed by atoms with Gasteiger partial charge < -0.3 is 19.9 Å². The smallest absolute Gasteiger partial charge is 0.193 e. The van der Waals surface area contributed by atoms with Crippen LogP contribution in [0.1, 0.15) is 25.5 Å². The van der Waals surface area contributed by atoms with Crippen LogP contribution in [0.25, 0.3) is 0 Å². The molecule has 0 bridgehead atoms. The Balaban J connectivity index is 1.46. The van der Waals surface area contributed by atoms with E-state index >= 15 is 0 Å². The fourth-order valence-corrected chi connectivity index (χ4v) is 4.06. The zero-order valence-corrected chi connectivity index (χ0v) is 18.1. The molecule has 6 nitrogen and oxygen atoms in total. The maximum absolute atomic E-state index is 13.0. The zero-order valence-electron chi connectivity index (χ0n) is 17.2. The largest absolute Gasteiger partial charge is 0.492 e. The van der Waals surface area contributed by atoms with Crippen molar-refractivity contribution in [1.82, 2.24) is 15.2 Å². The second kappa shape index (κ2) is 11.0. The van der Waals surface area contributed by atoms with Crippen LogP contribution in [0.15, 0.2) is 34.6 Å². The lowest BCUT2D eigenvalue weighted by Gasteiger charge is -2.22. The number of anilines is 1. The molecular weight excluding hydrogens is 389 g/mol. The van der Waals surface area contributed by atoms with E-state index in [-0.39, 0.29) is 5.82 Å². The molecule has 0 atom stereocenters. The van der Waals surface area contributed by atoms with Gasteiger partial charge in [-0.2, -0.15) is 0 Å². The molecule has 29 heavy (non-hydrogen) atoms. The van der Waals surface area contributed by atoms with Gasteiger partial charge in [-0.25, -0.2) is 9.37 Å². The van der Waals surface area contributed by atoms with Crippen molar-refractivity contribution in [2.24, 2.45) is 4.99 Å². The summed E-state index contributed by atoms with van der Waals surface area (Å²) < 4.78 is 18.6. The van der Waals surface area contributed by atoms with E-state index in [1.54, 1.807) is 23.5 Å². The third-order valence-electron chi connectivity index (χ3n) is 4.75. The highest BCUT2D eigenvalue weighted by Crippen LogP contribution is 2.24. The molecule has 1 N–H and O–H groups in total. The van der Waals surface area contributed by atoms with E-state index in [0.717, 1.165) is 42.8 Å². The predicted octanol–water partition coefficient (Wildman–Crippen LogP) is 3.40.